The Morgan fingerprint density at radius 3 is 2.95 bits per heavy atom. The lowest BCUT2D eigenvalue weighted by Gasteiger charge is -2.14. The molecule has 0 amide bonds. The van der Waals surface area contributed by atoms with E-state index in [-0.39, 0.29) is 12.0 Å². The van der Waals surface area contributed by atoms with E-state index in [1.807, 2.05) is 12.1 Å². The summed E-state index contributed by atoms with van der Waals surface area (Å²) in [5.74, 6) is 1.01. The summed E-state index contributed by atoms with van der Waals surface area (Å²) < 4.78 is 15.8. The first-order valence-electron chi connectivity index (χ1n) is 7.00. The number of rotatable bonds is 5. The molecule has 1 heterocycles. The van der Waals surface area contributed by atoms with Gasteiger partial charge in [0.25, 0.3) is 0 Å². The molecule has 1 unspecified atom stereocenters. The number of esters is 1. The second-order valence-corrected chi connectivity index (χ2v) is 5.44. The maximum absolute atomic E-state index is 11.1. The molecule has 1 aromatic rings. The molecular weight excluding hydrogens is 294 g/mol. The van der Waals surface area contributed by atoms with Crippen molar-refractivity contribution >= 4 is 17.6 Å². The van der Waals surface area contributed by atoms with Gasteiger partial charge in [0.15, 0.2) is 11.5 Å². The van der Waals surface area contributed by atoms with Crippen molar-refractivity contribution in [3.05, 3.63) is 22.7 Å². The largest absolute Gasteiger partial charge is 0.489 e. The number of ether oxygens (including phenoxy) is 3. The summed E-state index contributed by atoms with van der Waals surface area (Å²) in [6, 6.07) is 3.61. The van der Waals surface area contributed by atoms with Gasteiger partial charge in [-0.1, -0.05) is 11.6 Å². The van der Waals surface area contributed by atoms with Crippen molar-refractivity contribution in [3.63, 3.8) is 0 Å². The Balaban J connectivity index is 2.02. The van der Waals surface area contributed by atoms with Crippen LogP contribution in [0.4, 0.5) is 0 Å². The molecule has 1 atom stereocenters. The van der Waals surface area contributed by atoms with E-state index in [0.29, 0.717) is 49.0 Å². The van der Waals surface area contributed by atoms with Crippen molar-refractivity contribution in [2.45, 2.75) is 31.7 Å². The van der Waals surface area contributed by atoms with Crippen LogP contribution in [-0.2, 0) is 16.0 Å². The minimum absolute atomic E-state index is 0.134. The summed E-state index contributed by atoms with van der Waals surface area (Å²) in [7, 11) is 1.37. The number of methoxy groups -OCH3 is 1. The van der Waals surface area contributed by atoms with Crippen molar-refractivity contribution in [1.29, 1.82) is 0 Å². The molecular formula is C15H20ClNO4. The molecule has 21 heavy (non-hydrogen) atoms. The Morgan fingerprint density at radius 2 is 2.19 bits per heavy atom. The van der Waals surface area contributed by atoms with Gasteiger partial charge < -0.3 is 19.9 Å². The molecule has 0 aliphatic carbocycles. The number of nitrogens with two attached hydrogens (primary N) is 1. The molecule has 2 rings (SSSR count). The minimum Gasteiger partial charge on any atom is -0.489 e. The third kappa shape index (κ3) is 4.51. The van der Waals surface area contributed by atoms with Crippen molar-refractivity contribution in [2.75, 3.05) is 20.3 Å². The van der Waals surface area contributed by atoms with Gasteiger partial charge in [-0.15, -0.1) is 0 Å². The van der Waals surface area contributed by atoms with Crippen LogP contribution < -0.4 is 15.2 Å². The van der Waals surface area contributed by atoms with E-state index in [2.05, 4.69) is 4.74 Å². The van der Waals surface area contributed by atoms with Crippen molar-refractivity contribution in [3.8, 4) is 11.5 Å². The molecule has 0 saturated carbocycles. The Bertz CT molecular complexity index is 507. The molecule has 2 N–H and O–H groups in total. The van der Waals surface area contributed by atoms with Crippen LogP contribution >= 0.6 is 11.6 Å². The van der Waals surface area contributed by atoms with Crippen LogP contribution in [0.3, 0.4) is 0 Å². The highest BCUT2D eigenvalue weighted by Crippen LogP contribution is 2.38. The summed E-state index contributed by atoms with van der Waals surface area (Å²) in [5, 5.41) is 0.532. The monoisotopic (exact) mass is 313 g/mol. The minimum atomic E-state index is -0.248. The molecule has 0 aromatic heterocycles. The van der Waals surface area contributed by atoms with E-state index in [9.17, 15) is 4.79 Å². The van der Waals surface area contributed by atoms with Crippen LogP contribution in [0.5, 0.6) is 11.5 Å². The molecule has 6 heteroatoms. The molecule has 116 valence electrons. The van der Waals surface area contributed by atoms with Crippen LogP contribution in [0, 0.1) is 0 Å². The number of hydrogen-bond acceptors (Lipinski definition) is 5. The Hall–Kier alpha value is -1.46. The summed E-state index contributed by atoms with van der Waals surface area (Å²) in [5.41, 5.74) is 7.02. The predicted octanol–water partition coefficient (Wildman–Crippen LogP) is 2.32. The van der Waals surface area contributed by atoms with Crippen LogP contribution in [0.1, 0.15) is 24.8 Å². The molecule has 0 radical (unpaired) electrons. The smallest absolute Gasteiger partial charge is 0.305 e. The zero-order valence-corrected chi connectivity index (χ0v) is 12.8. The first kappa shape index (κ1) is 15.9. The maximum Gasteiger partial charge on any atom is 0.305 e. The number of benzene rings is 1. The van der Waals surface area contributed by atoms with Crippen LogP contribution in [0.2, 0.25) is 5.02 Å². The first-order chi connectivity index (χ1) is 10.1. The van der Waals surface area contributed by atoms with Gasteiger partial charge in [0.1, 0.15) is 0 Å². The zero-order valence-electron chi connectivity index (χ0n) is 12.1. The summed E-state index contributed by atoms with van der Waals surface area (Å²) >= 11 is 6.23. The topological polar surface area (TPSA) is 70.8 Å². The zero-order chi connectivity index (χ0) is 15.2. The lowest BCUT2D eigenvalue weighted by molar-refractivity contribution is -0.140. The van der Waals surface area contributed by atoms with Crippen LogP contribution in [0.25, 0.3) is 0 Å². The SMILES string of the molecule is COC(=O)CCC(N)Cc1cc(Cl)c2c(c1)OCCCO2. The van der Waals surface area contributed by atoms with Gasteiger partial charge in [0, 0.05) is 18.9 Å². The number of carbonyl (C=O) groups is 1. The van der Waals surface area contributed by atoms with Crippen molar-refractivity contribution in [2.24, 2.45) is 5.73 Å². The van der Waals surface area contributed by atoms with Crippen LogP contribution in [-0.4, -0.2) is 32.3 Å². The average Bonchev–Trinajstić information content (AvgIpc) is 2.70. The molecule has 0 spiro atoms. The van der Waals surface area contributed by atoms with Gasteiger partial charge in [-0.2, -0.15) is 0 Å². The highest BCUT2D eigenvalue weighted by atomic mass is 35.5. The van der Waals surface area contributed by atoms with Crippen LogP contribution in [0.15, 0.2) is 12.1 Å². The fourth-order valence-corrected chi connectivity index (χ4v) is 2.50. The summed E-state index contributed by atoms with van der Waals surface area (Å²) in [6.07, 6.45) is 2.33. The molecule has 1 aliphatic heterocycles. The molecule has 5 nitrogen and oxygen atoms in total. The van der Waals surface area contributed by atoms with Gasteiger partial charge in [0.2, 0.25) is 0 Å². The molecule has 0 bridgehead atoms. The average molecular weight is 314 g/mol. The lowest BCUT2D eigenvalue weighted by Crippen LogP contribution is -2.24. The van der Waals surface area contributed by atoms with E-state index >= 15 is 0 Å². The van der Waals surface area contributed by atoms with Gasteiger partial charge in [0.05, 0.1) is 25.3 Å². The third-order valence-electron chi connectivity index (χ3n) is 3.31. The normalized spacial score (nSPS) is 15.2. The Kier molecular flexibility index (Phi) is 5.70. The van der Waals surface area contributed by atoms with E-state index in [4.69, 9.17) is 26.8 Å². The number of halogens is 1. The fourth-order valence-electron chi connectivity index (χ4n) is 2.21. The number of carbonyl (C=O) groups excluding carboxylic acids is 1. The van der Waals surface area contributed by atoms with Crippen molar-refractivity contribution < 1.29 is 19.0 Å². The highest BCUT2D eigenvalue weighted by Gasteiger charge is 2.17. The lowest BCUT2D eigenvalue weighted by atomic mass is 10.0. The van der Waals surface area contributed by atoms with Gasteiger partial charge in [-0.05, 0) is 30.5 Å². The van der Waals surface area contributed by atoms with E-state index in [0.717, 1.165) is 12.0 Å². The van der Waals surface area contributed by atoms with Crippen molar-refractivity contribution in [1.82, 2.24) is 0 Å². The molecule has 1 aliphatic rings. The molecule has 0 saturated heterocycles. The maximum atomic E-state index is 11.1. The van der Waals surface area contributed by atoms with E-state index in [1.54, 1.807) is 0 Å². The van der Waals surface area contributed by atoms with E-state index in [1.165, 1.54) is 7.11 Å². The standard InChI is InChI=1S/C15H20ClNO4/c1-19-14(18)4-3-11(17)7-10-8-12(16)15-13(9-10)20-5-2-6-21-15/h8-9,11H,2-7,17H2,1H3. The number of fused-ring (bicyclic) bond motifs is 1. The predicted molar refractivity (Wildman–Crippen MR) is 80.0 cm³/mol. The second kappa shape index (κ2) is 7.52. The Morgan fingerprint density at radius 1 is 1.43 bits per heavy atom. The third-order valence-corrected chi connectivity index (χ3v) is 3.59. The fraction of sp³-hybridized carbons (Fsp3) is 0.533. The summed E-state index contributed by atoms with van der Waals surface area (Å²) in [6.45, 7) is 1.21. The highest BCUT2D eigenvalue weighted by molar-refractivity contribution is 6.32. The Labute approximate surface area is 129 Å². The van der Waals surface area contributed by atoms with E-state index < -0.39 is 0 Å². The quantitative estimate of drug-likeness (QED) is 0.845. The molecule has 0 fully saturated rings. The van der Waals surface area contributed by atoms with Gasteiger partial charge >= 0.3 is 5.97 Å². The van der Waals surface area contributed by atoms with Gasteiger partial charge in [-0.3, -0.25) is 4.79 Å². The number of hydrogen-bond donors (Lipinski definition) is 1. The van der Waals surface area contributed by atoms with Gasteiger partial charge in [-0.25, -0.2) is 0 Å². The second-order valence-electron chi connectivity index (χ2n) is 5.03. The first-order valence-corrected chi connectivity index (χ1v) is 7.38. The molecule has 1 aromatic carbocycles. The summed E-state index contributed by atoms with van der Waals surface area (Å²) in [4.78, 5) is 11.1.